The Morgan fingerprint density at radius 3 is 2.11 bits per heavy atom. The van der Waals surface area contributed by atoms with Crippen molar-refractivity contribution in [3.63, 3.8) is 0 Å². The van der Waals surface area contributed by atoms with Crippen LogP contribution in [0.15, 0.2) is 53.4 Å². The van der Waals surface area contributed by atoms with Gasteiger partial charge < -0.3 is 10.4 Å². The number of aliphatic hydroxyl groups is 1. The summed E-state index contributed by atoms with van der Waals surface area (Å²) in [4.78, 5) is 0.182. The van der Waals surface area contributed by atoms with Crippen LogP contribution in [0.2, 0.25) is 0 Å². The molecule has 0 radical (unpaired) electrons. The molecule has 0 amide bonds. The van der Waals surface area contributed by atoms with Crippen molar-refractivity contribution in [3.05, 3.63) is 54.1 Å². The molecule has 0 saturated carbocycles. The lowest BCUT2D eigenvalue weighted by Gasteiger charge is -2.16. The van der Waals surface area contributed by atoms with Crippen LogP contribution >= 0.6 is 0 Å². The predicted molar refractivity (Wildman–Crippen MR) is 105 cm³/mol. The van der Waals surface area contributed by atoms with Crippen LogP contribution in [0.4, 0.5) is 11.4 Å². The molecule has 0 unspecified atom stereocenters. The van der Waals surface area contributed by atoms with Gasteiger partial charge in [-0.2, -0.15) is 0 Å². The quantitative estimate of drug-likeness (QED) is 0.667. The number of rotatable bonds is 6. The maximum atomic E-state index is 12.5. The second-order valence-corrected chi connectivity index (χ2v) is 10.4. The number of benzene rings is 2. The van der Waals surface area contributed by atoms with E-state index in [9.17, 15) is 21.9 Å². The van der Waals surface area contributed by atoms with Crippen molar-refractivity contribution < 1.29 is 21.9 Å². The zero-order chi connectivity index (χ0) is 19.7. The largest absolute Gasteiger partial charge is 0.390 e. The standard InChI is InChI=1S/C18H22N2O5S2/c1-2-13-3-9-16(10-4-13)27(24,25)20-15-7-5-14(6-8-15)19-17-11-26(22,23)12-18(17)21/h3-10,17-21H,2,11-12H2,1H3/t17-,18+/m1/s1. The summed E-state index contributed by atoms with van der Waals surface area (Å²) in [7, 11) is -6.92. The highest BCUT2D eigenvalue weighted by molar-refractivity contribution is 7.92. The van der Waals surface area contributed by atoms with Crippen LogP contribution < -0.4 is 10.0 Å². The van der Waals surface area contributed by atoms with Gasteiger partial charge in [-0.25, -0.2) is 16.8 Å². The van der Waals surface area contributed by atoms with E-state index in [2.05, 4.69) is 10.0 Å². The Bertz CT molecular complexity index is 1000. The highest BCUT2D eigenvalue weighted by Crippen LogP contribution is 2.22. The first-order valence-corrected chi connectivity index (χ1v) is 11.9. The lowest BCUT2D eigenvalue weighted by molar-refractivity contribution is 0.190. The SMILES string of the molecule is CCc1ccc(S(=O)(=O)Nc2ccc(N[C@@H]3CS(=O)(=O)C[C@@H]3O)cc2)cc1. The minimum absolute atomic E-state index is 0.129. The van der Waals surface area contributed by atoms with Gasteiger partial charge in [0.05, 0.1) is 28.5 Å². The summed E-state index contributed by atoms with van der Waals surface area (Å²) in [6, 6.07) is 12.6. The van der Waals surface area contributed by atoms with E-state index < -0.39 is 32.0 Å². The second-order valence-electron chi connectivity index (χ2n) is 6.58. The third-order valence-corrected chi connectivity index (χ3v) is 7.57. The normalized spacial score (nSPS) is 21.7. The molecule has 1 aliphatic rings. The molecule has 1 heterocycles. The van der Waals surface area contributed by atoms with Crippen LogP contribution in [0.1, 0.15) is 12.5 Å². The topological polar surface area (TPSA) is 113 Å². The molecule has 1 fully saturated rings. The van der Waals surface area contributed by atoms with Gasteiger partial charge in [-0.05, 0) is 48.4 Å². The highest BCUT2D eigenvalue weighted by atomic mass is 32.2. The molecule has 2 aromatic carbocycles. The first kappa shape index (κ1) is 19.7. The van der Waals surface area contributed by atoms with Crippen molar-refractivity contribution in [1.82, 2.24) is 0 Å². The number of sulfone groups is 1. The van der Waals surface area contributed by atoms with Crippen molar-refractivity contribution in [2.45, 2.75) is 30.4 Å². The van der Waals surface area contributed by atoms with Gasteiger partial charge in [-0.3, -0.25) is 4.72 Å². The highest BCUT2D eigenvalue weighted by Gasteiger charge is 2.36. The van der Waals surface area contributed by atoms with Crippen molar-refractivity contribution in [2.24, 2.45) is 0 Å². The van der Waals surface area contributed by atoms with E-state index in [1.807, 2.05) is 6.92 Å². The number of anilines is 2. The van der Waals surface area contributed by atoms with E-state index in [1.54, 1.807) is 48.5 Å². The Morgan fingerprint density at radius 1 is 1.00 bits per heavy atom. The van der Waals surface area contributed by atoms with Crippen LogP contribution in [0.3, 0.4) is 0 Å². The average Bonchev–Trinajstić information content (AvgIpc) is 2.88. The Hall–Kier alpha value is -2.10. The number of aryl methyl sites for hydroxylation is 1. The first-order chi connectivity index (χ1) is 12.7. The Balaban J connectivity index is 1.68. The van der Waals surface area contributed by atoms with Crippen molar-refractivity contribution in [2.75, 3.05) is 21.5 Å². The zero-order valence-electron chi connectivity index (χ0n) is 14.8. The zero-order valence-corrected chi connectivity index (χ0v) is 16.4. The van der Waals surface area contributed by atoms with Crippen LogP contribution in [0.25, 0.3) is 0 Å². The molecule has 0 spiro atoms. The molecule has 3 rings (SSSR count). The van der Waals surface area contributed by atoms with Crippen molar-refractivity contribution >= 4 is 31.2 Å². The monoisotopic (exact) mass is 410 g/mol. The maximum Gasteiger partial charge on any atom is 0.261 e. The number of aliphatic hydroxyl groups excluding tert-OH is 1. The molecule has 0 aromatic heterocycles. The van der Waals surface area contributed by atoms with E-state index in [0.717, 1.165) is 12.0 Å². The van der Waals surface area contributed by atoms with Crippen LogP contribution in [-0.2, 0) is 26.3 Å². The summed E-state index contributed by atoms with van der Waals surface area (Å²) in [6.07, 6.45) is -0.126. The lowest BCUT2D eigenvalue weighted by Crippen LogP contribution is -2.31. The molecule has 0 bridgehead atoms. The third-order valence-electron chi connectivity index (χ3n) is 4.45. The van der Waals surface area contributed by atoms with Gasteiger partial charge >= 0.3 is 0 Å². The average molecular weight is 411 g/mol. The fraction of sp³-hybridized carbons (Fsp3) is 0.333. The number of hydrogen-bond acceptors (Lipinski definition) is 6. The Labute approximate surface area is 159 Å². The van der Waals surface area contributed by atoms with Gasteiger partial charge in [0.15, 0.2) is 9.84 Å². The molecular formula is C18H22N2O5S2. The third kappa shape index (κ3) is 4.79. The van der Waals surface area contributed by atoms with Crippen LogP contribution in [-0.4, -0.2) is 45.6 Å². The maximum absolute atomic E-state index is 12.5. The predicted octanol–water partition coefficient (Wildman–Crippen LogP) is 1.62. The molecule has 2 aromatic rings. The summed E-state index contributed by atoms with van der Waals surface area (Å²) in [6.45, 7) is 2.00. The number of nitrogens with one attached hydrogen (secondary N) is 2. The van der Waals surface area contributed by atoms with Crippen molar-refractivity contribution in [1.29, 1.82) is 0 Å². The van der Waals surface area contributed by atoms with E-state index in [4.69, 9.17) is 0 Å². The lowest BCUT2D eigenvalue weighted by atomic mass is 10.2. The Kier molecular flexibility index (Phi) is 5.45. The molecule has 9 heteroatoms. The summed E-state index contributed by atoms with van der Waals surface area (Å²) in [5.74, 6) is -0.379. The molecule has 27 heavy (non-hydrogen) atoms. The molecule has 0 aliphatic carbocycles. The summed E-state index contributed by atoms with van der Waals surface area (Å²) in [5.41, 5.74) is 2.05. The van der Waals surface area contributed by atoms with Crippen LogP contribution in [0, 0.1) is 0 Å². The summed E-state index contributed by atoms with van der Waals surface area (Å²) >= 11 is 0. The van der Waals surface area contributed by atoms with Gasteiger partial charge in [-0.1, -0.05) is 19.1 Å². The van der Waals surface area contributed by atoms with E-state index in [0.29, 0.717) is 11.4 Å². The van der Waals surface area contributed by atoms with E-state index in [-0.39, 0.29) is 16.4 Å². The summed E-state index contributed by atoms with van der Waals surface area (Å²) < 4.78 is 50.5. The van der Waals surface area contributed by atoms with Crippen molar-refractivity contribution in [3.8, 4) is 0 Å². The minimum Gasteiger partial charge on any atom is -0.390 e. The van der Waals surface area contributed by atoms with Gasteiger partial charge in [0, 0.05) is 11.4 Å². The number of sulfonamides is 1. The first-order valence-electron chi connectivity index (χ1n) is 8.55. The molecule has 2 atom stereocenters. The fourth-order valence-electron chi connectivity index (χ4n) is 2.93. The number of hydrogen-bond donors (Lipinski definition) is 3. The molecule has 3 N–H and O–H groups in total. The molecule has 146 valence electrons. The van der Waals surface area contributed by atoms with Crippen LogP contribution in [0.5, 0.6) is 0 Å². The van der Waals surface area contributed by atoms with Gasteiger partial charge in [0.2, 0.25) is 0 Å². The molecular weight excluding hydrogens is 388 g/mol. The molecule has 1 aliphatic heterocycles. The molecule has 1 saturated heterocycles. The minimum atomic E-state index is -3.69. The van der Waals surface area contributed by atoms with Gasteiger partial charge in [0.25, 0.3) is 10.0 Å². The van der Waals surface area contributed by atoms with E-state index >= 15 is 0 Å². The van der Waals surface area contributed by atoms with Gasteiger partial charge in [0.1, 0.15) is 0 Å². The fourth-order valence-corrected chi connectivity index (χ4v) is 5.73. The summed E-state index contributed by atoms with van der Waals surface area (Å²) in [5, 5.41) is 12.8. The van der Waals surface area contributed by atoms with Gasteiger partial charge in [-0.15, -0.1) is 0 Å². The second kappa shape index (κ2) is 7.49. The Morgan fingerprint density at radius 2 is 1.59 bits per heavy atom. The smallest absolute Gasteiger partial charge is 0.261 e. The van der Waals surface area contributed by atoms with E-state index in [1.165, 1.54) is 0 Å². The molecule has 7 nitrogen and oxygen atoms in total.